The molecule has 1 aliphatic rings. The van der Waals surface area contributed by atoms with Gasteiger partial charge in [-0.25, -0.2) is 0 Å². The number of thioether (sulfide) groups is 1. The molecular formula is C13H19N3O2S. The lowest BCUT2D eigenvalue weighted by Crippen LogP contribution is -2.23. The number of nitrogens with one attached hydrogen (secondary N) is 1. The summed E-state index contributed by atoms with van der Waals surface area (Å²) >= 11 is 1.99. The summed E-state index contributed by atoms with van der Waals surface area (Å²) in [5.74, 6) is 3.19. The lowest BCUT2D eigenvalue weighted by atomic mass is 10.1. The Balaban J connectivity index is 2.00. The number of hydrogen-bond donors (Lipinski definition) is 1. The molecule has 0 amide bonds. The smallest absolute Gasteiger partial charge is 0.278 e. The van der Waals surface area contributed by atoms with Crippen LogP contribution in [0, 0.1) is 29.9 Å². The Labute approximate surface area is 117 Å². The van der Waals surface area contributed by atoms with Crippen LogP contribution in [-0.2, 0) is 6.54 Å². The SMILES string of the molecule is Cc1cnc(CNCC2CCSC2)c(C)c1[N+](=O)[O-]. The van der Waals surface area contributed by atoms with Crippen LogP contribution < -0.4 is 5.32 Å². The maximum atomic E-state index is 11.0. The molecule has 104 valence electrons. The highest BCUT2D eigenvalue weighted by Gasteiger charge is 2.19. The van der Waals surface area contributed by atoms with Crippen molar-refractivity contribution in [2.24, 2.45) is 5.92 Å². The summed E-state index contributed by atoms with van der Waals surface area (Å²) < 4.78 is 0. The van der Waals surface area contributed by atoms with Crippen LogP contribution in [0.2, 0.25) is 0 Å². The highest BCUT2D eigenvalue weighted by molar-refractivity contribution is 7.99. The van der Waals surface area contributed by atoms with E-state index in [9.17, 15) is 10.1 Å². The standard InChI is InChI=1S/C13H19N3O2S/c1-9-5-15-12(10(2)13(9)16(17)18)7-14-6-11-3-4-19-8-11/h5,11,14H,3-4,6-8H2,1-2H3. The lowest BCUT2D eigenvalue weighted by Gasteiger charge is -2.11. The third-order valence-corrected chi connectivity index (χ3v) is 4.74. The van der Waals surface area contributed by atoms with Gasteiger partial charge in [-0.05, 0) is 44.2 Å². The lowest BCUT2D eigenvalue weighted by molar-refractivity contribution is -0.386. The molecule has 0 aliphatic carbocycles. The van der Waals surface area contributed by atoms with Gasteiger partial charge < -0.3 is 5.32 Å². The Morgan fingerprint density at radius 2 is 2.37 bits per heavy atom. The van der Waals surface area contributed by atoms with Gasteiger partial charge in [0.1, 0.15) is 0 Å². The number of aryl methyl sites for hydroxylation is 1. The molecule has 1 aliphatic heterocycles. The molecule has 1 aromatic heterocycles. The normalized spacial score (nSPS) is 18.7. The highest BCUT2D eigenvalue weighted by atomic mass is 32.2. The van der Waals surface area contributed by atoms with Crippen LogP contribution in [0.25, 0.3) is 0 Å². The zero-order valence-electron chi connectivity index (χ0n) is 11.3. The molecule has 0 aromatic carbocycles. The minimum Gasteiger partial charge on any atom is -0.311 e. The summed E-state index contributed by atoms with van der Waals surface area (Å²) in [5.41, 5.74) is 2.28. The van der Waals surface area contributed by atoms with Crippen molar-refractivity contribution in [3.8, 4) is 0 Å². The first-order valence-corrected chi connectivity index (χ1v) is 7.63. The number of nitrogens with zero attached hydrogens (tertiary/aromatic N) is 2. The predicted octanol–water partition coefficient (Wildman–Crippen LogP) is 2.45. The Hall–Kier alpha value is -1.14. The van der Waals surface area contributed by atoms with Gasteiger partial charge in [0.25, 0.3) is 5.69 Å². The highest BCUT2D eigenvalue weighted by Crippen LogP contribution is 2.25. The van der Waals surface area contributed by atoms with Crippen molar-refractivity contribution in [1.29, 1.82) is 0 Å². The molecule has 2 heterocycles. The minimum atomic E-state index is -0.316. The summed E-state index contributed by atoms with van der Waals surface area (Å²) in [6.45, 7) is 5.08. The molecule has 0 spiro atoms. The van der Waals surface area contributed by atoms with Gasteiger partial charge in [-0.2, -0.15) is 11.8 Å². The molecule has 6 heteroatoms. The van der Waals surface area contributed by atoms with Crippen molar-refractivity contribution in [2.45, 2.75) is 26.8 Å². The van der Waals surface area contributed by atoms with E-state index in [4.69, 9.17) is 0 Å². The maximum Gasteiger partial charge on any atom is 0.278 e. The number of pyridine rings is 1. The van der Waals surface area contributed by atoms with Gasteiger partial charge in [0.2, 0.25) is 0 Å². The average molecular weight is 281 g/mol. The summed E-state index contributed by atoms with van der Waals surface area (Å²) in [6.07, 6.45) is 2.85. The van der Waals surface area contributed by atoms with E-state index < -0.39 is 0 Å². The van der Waals surface area contributed by atoms with Crippen LogP contribution in [0.1, 0.15) is 23.2 Å². The van der Waals surface area contributed by atoms with Crippen LogP contribution in [0.5, 0.6) is 0 Å². The fourth-order valence-corrected chi connectivity index (χ4v) is 3.65. The molecule has 1 aromatic rings. The molecule has 19 heavy (non-hydrogen) atoms. The van der Waals surface area contributed by atoms with Crippen LogP contribution >= 0.6 is 11.8 Å². The van der Waals surface area contributed by atoms with E-state index in [1.165, 1.54) is 17.9 Å². The maximum absolute atomic E-state index is 11.0. The second-order valence-electron chi connectivity index (χ2n) is 4.98. The van der Waals surface area contributed by atoms with Crippen molar-refractivity contribution in [1.82, 2.24) is 10.3 Å². The molecule has 2 rings (SSSR count). The van der Waals surface area contributed by atoms with E-state index >= 15 is 0 Å². The number of rotatable bonds is 5. The molecule has 5 nitrogen and oxygen atoms in total. The van der Waals surface area contributed by atoms with E-state index in [1.54, 1.807) is 20.0 Å². The van der Waals surface area contributed by atoms with Crippen molar-refractivity contribution in [3.63, 3.8) is 0 Å². The summed E-state index contributed by atoms with van der Waals surface area (Å²) in [5, 5.41) is 14.4. The average Bonchev–Trinajstić information content (AvgIpc) is 2.85. The van der Waals surface area contributed by atoms with Crippen molar-refractivity contribution in [2.75, 3.05) is 18.1 Å². The Morgan fingerprint density at radius 3 is 3.00 bits per heavy atom. The summed E-state index contributed by atoms with van der Waals surface area (Å²) in [4.78, 5) is 15.0. The fourth-order valence-electron chi connectivity index (χ4n) is 2.36. The van der Waals surface area contributed by atoms with Crippen molar-refractivity contribution in [3.05, 3.63) is 33.1 Å². The van der Waals surface area contributed by atoms with Crippen molar-refractivity contribution < 1.29 is 4.92 Å². The van der Waals surface area contributed by atoms with E-state index in [0.717, 1.165) is 18.2 Å². The number of aromatic nitrogens is 1. The topological polar surface area (TPSA) is 68.1 Å². The van der Waals surface area contributed by atoms with Gasteiger partial charge in [0.05, 0.1) is 10.6 Å². The van der Waals surface area contributed by atoms with Gasteiger partial charge in [-0.3, -0.25) is 15.1 Å². The molecule has 1 atom stereocenters. The van der Waals surface area contributed by atoms with Crippen LogP contribution in [0.15, 0.2) is 6.20 Å². The molecule has 1 unspecified atom stereocenters. The van der Waals surface area contributed by atoms with E-state index in [1.807, 2.05) is 11.8 Å². The van der Waals surface area contributed by atoms with Gasteiger partial charge >= 0.3 is 0 Å². The Kier molecular flexibility index (Phi) is 4.76. The summed E-state index contributed by atoms with van der Waals surface area (Å²) in [7, 11) is 0. The van der Waals surface area contributed by atoms with Gasteiger partial charge in [-0.1, -0.05) is 0 Å². The zero-order chi connectivity index (χ0) is 13.8. The minimum absolute atomic E-state index is 0.197. The second kappa shape index (κ2) is 6.34. The Morgan fingerprint density at radius 1 is 1.58 bits per heavy atom. The van der Waals surface area contributed by atoms with Gasteiger partial charge in [0.15, 0.2) is 0 Å². The third-order valence-electron chi connectivity index (χ3n) is 3.51. The number of nitro groups is 1. The molecule has 1 N–H and O–H groups in total. The van der Waals surface area contributed by atoms with E-state index in [-0.39, 0.29) is 10.6 Å². The van der Waals surface area contributed by atoms with E-state index in [2.05, 4.69) is 10.3 Å². The van der Waals surface area contributed by atoms with Crippen LogP contribution in [0.4, 0.5) is 5.69 Å². The first-order chi connectivity index (χ1) is 9.09. The molecule has 0 bridgehead atoms. The van der Waals surface area contributed by atoms with Crippen LogP contribution in [-0.4, -0.2) is 28.0 Å². The van der Waals surface area contributed by atoms with E-state index in [0.29, 0.717) is 17.7 Å². The van der Waals surface area contributed by atoms with Crippen molar-refractivity contribution >= 4 is 17.4 Å². The molecule has 0 saturated carbocycles. The zero-order valence-corrected chi connectivity index (χ0v) is 12.1. The quantitative estimate of drug-likeness (QED) is 0.663. The Bertz CT molecular complexity index is 473. The molecule has 1 fully saturated rings. The summed E-state index contributed by atoms with van der Waals surface area (Å²) in [6, 6.07) is 0. The first kappa shape index (κ1) is 14.3. The van der Waals surface area contributed by atoms with Gasteiger partial charge in [0, 0.05) is 23.9 Å². The first-order valence-electron chi connectivity index (χ1n) is 6.47. The molecule has 1 saturated heterocycles. The monoisotopic (exact) mass is 281 g/mol. The van der Waals surface area contributed by atoms with Gasteiger partial charge in [-0.15, -0.1) is 0 Å². The number of hydrogen-bond acceptors (Lipinski definition) is 5. The molecule has 0 radical (unpaired) electrons. The predicted molar refractivity (Wildman–Crippen MR) is 77.5 cm³/mol. The second-order valence-corrected chi connectivity index (χ2v) is 6.13. The largest absolute Gasteiger partial charge is 0.311 e. The van der Waals surface area contributed by atoms with Crippen LogP contribution in [0.3, 0.4) is 0 Å². The molecular weight excluding hydrogens is 262 g/mol. The third kappa shape index (κ3) is 3.45. The fraction of sp³-hybridized carbons (Fsp3) is 0.615.